The normalized spacial score (nSPS) is 24.9. The van der Waals surface area contributed by atoms with Crippen LogP contribution in [-0.4, -0.2) is 44.3 Å². The molecule has 0 spiro atoms. The molecule has 1 aromatic rings. The third kappa shape index (κ3) is 4.53. The molecule has 3 nitrogen and oxygen atoms in total. The fourth-order valence-electron chi connectivity index (χ4n) is 3.24. The molecule has 118 valence electrons. The second-order valence-electron chi connectivity index (χ2n) is 6.17. The van der Waals surface area contributed by atoms with Crippen LogP contribution >= 0.6 is 0 Å². The molecule has 0 saturated carbocycles. The third-order valence-corrected chi connectivity index (χ3v) is 4.76. The first kappa shape index (κ1) is 16.5. The van der Waals surface area contributed by atoms with Gasteiger partial charge in [0.05, 0.1) is 0 Å². The molecule has 0 aliphatic carbocycles. The van der Waals surface area contributed by atoms with Crippen LogP contribution in [0.25, 0.3) is 0 Å². The Morgan fingerprint density at radius 3 is 2.76 bits per heavy atom. The van der Waals surface area contributed by atoms with Crippen molar-refractivity contribution in [3.8, 4) is 0 Å². The summed E-state index contributed by atoms with van der Waals surface area (Å²) in [6, 6.07) is 11.9. The molecule has 2 rings (SSSR count). The summed E-state index contributed by atoms with van der Waals surface area (Å²) in [5.74, 6) is 0.733. The maximum absolute atomic E-state index is 5.22. The predicted octanol–water partition coefficient (Wildman–Crippen LogP) is 3.08. The van der Waals surface area contributed by atoms with Gasteiger partial charge >= 0.3 is 0 Å². The van der Waals surface area contributed by atoms with E-state index < -0.39 is 0 Å². The fraction of sp³-hybridized carbons (Fsp3) is 0.667. The van der Waals surface area contributed by atoms with Crippen molar-refractivity contribution in [3.05, 3.63) is 35.9 Å². The van der Waals surface area contributed by atoms with Crippen LogP contribution in [0.3, 0.4) is 0 Å². The minimum absolute atomic E-state index is 0.453. The Labute approximate surface area is 129 Å². The highest BCUT2D eigenvalue weighted by atomic mass is 16.5. The molecule has 0 radical (unpaired) electrons. The van der Waals surface area contributed by atoms with Crippen LogP contribution in [0.15, 0.2) is 30.3 Å². The van der Waals surface area contributed by atoms with E-state index in [0.717, 1.165) is 38.6 Å². The van der Waals surface area contributed by atoms with Gasteiger partial charge in [-0.1, -0.05) is 50.6 Å². The van der Waals surface area contributed by atoms with Gasteiger partial charge in [0, 0.05) is 45.4 Å². The molecule has 1 heterocycles. The van der Waals surface area contributed by atoms with Gasteiger partial charge < -0.3 is 10.1 Å². The Morgan fingerprint density at radius 1 is 1.33 bits per heavy atom. The van der Waals surface area contributed by atoms with E-state index in [9.17, 15) is 0 Å². The van der Waals surface area contributed by atoms with Crippen molar-refractivity contribution in [2.45, 2.75) is 38.8 Å². The predicted molar refractivity (Wildman–Crippen MR) is 88.5 cm³/mol. The highest BCUT2D eigenvalue weighted by molar-refractivity contribution is 5.20. The number of ether oxygens (including phenoxy) is 1. The maximum Gasteiger partial charge on any atom is 0.0474 e. The SMILES string of the molecule is CCC(C)C1CNC(c2ccccc2)CN1CCCOC. The quantitative estimate of drug-likeness (QED) is 0.781. The van der Waals surface area contributed by atoms with E-state index in [0.29, 0.717) is 12.1 Å². The van der Waals surface area contributed by atoms with Gasteiger partial charge in [-0.05, 0) is 17.9 Å². The number of nitrogens with one attached hydrogen (secondary N) is 1. The number of piperazine rings is 1. The third-order valence-electron chi connectivity index (χ3n) is 4.76. The molecule has 3 heteroatoms. The summed E-state index contributed by atoms with van der Waals surface area (Å²) in [7, 11) is 1.79. The van der Waals surface area contributed by atoms with Crippen molar-refractivity contribution in [3.63, 3.8) is 0 Å². The summed E-state index contributed by atoms with van der Waals surface area (Å²) in [5.41, 5.74) is 1.40. The maximum atomic E-state index is 5.22. The fourth-order valence-corrected chi connectivity index (χ4v) is 3.24. The lowest BCUT2D eigenvalue weighted by atomic mass is 9.92. The molecule has 1 saturated heterocycles. The van der Waals surface area contributed by atoms with E-state index in [1.807, 2.05) is 0 Å². The van der Waals surface area contributed by atoms with Crippen molar-refractivity contribution in [1.29, 1.82) is 0 Å². The van der Waals surface area contributed by atoms with Crippen LogP contribution in [0.1, 0.15) is 38.3 Å². The second kappa shape index (κ2) is 8.52. The molecule has 0 aromatic heterocycles. The molecular weight excluding hydrogens is 260 g/mol. The van der Waals surface area contributed by atoms with Gasteiger partial charge in [0.15, 0.2) is 0 Å². The summed E-state index contributed by atoms with van der Waals surface area (Å²) in [6.07, 6.45) is 2.36. The smallest absolute Gasteiger partial charge is 0.0474 e. The number of methoxy groups -OCH3 is 1. The summed E-state index contributed by atoms with van der Waals surface area (Å²) in [5, 5.41) is 3.75. The first-order valence-electron chi connectivity index (χ1n) is 8.27. The van der Waals surface area contributed by atoms with Gasteiger partial charge in [-0.25, -0.2) is 0 Å². The van der Waals surface area contributed by atoms with Gasteiger partial charge in [0.2, 0.25) is 0 Å². The first-order valence-corrected chi connectivity index (χ1v) is 8.27. The first-order chi connectivity index (χ1) is 10.3. The molecule has 1 N–H and O–H groups in total. The molecular formula is C18H30N2O. The van der Waals surface area contributed by atoms with Crippen molar-refractivity contribution in [1.82, 2.24) is 10.2 Å². The summed E-state index contributed by atoms with van der Waals surface area (Å²) in [4.78, 5) is 2.67. The van der Waals surface area contributed by atoms with Crippen LogP contribution in [-0.2, 0) is 4.74 Å². The zero-order valence-corrected chi connectivity index (χ0v) is 13.7. The zero-order valence-electron chi connectivity index (χ0n) is 13.7. The molecule has 1 aliphatic rings. The second-order valence-corrected chi connectivity index (χ2v) is 6.17. The summed E-state index contributed by atoms with van der Waals surface area (Å²) in [6.45, 7) is 8.84. The van der Waals surface area contributed by atoms with Crippen LogP contribution in [0.5, 0.6) is 0 Å². The van der Waals surface area contributed by atoms with Crippen molar-refractivity contribution >= 4 is 0 Å². The average molecular weight is 290 g/mol. The number of rotatable bonds is 7. The van der Waals surface area contributed by atoms with E-state index in [4.69, 9.17) is 4.74 Å². The van der Waals surface area contributed by atoms with E-state index >= 15 is 0 Å². The van der Waals surface area contributed by atoms with Gasteiger partial charge in [0.1, 0.15) is 0 Å². The highest BCUT2D eigenvalue weighted by Gasteiger charge is 2.30. The lowest BCUT2D eigenvalue weighted by Gasteiger charge is -2.43. The van der Waals surface area contributed by atoms with Crippen LogP contribution < -0.4 is 5.32 Å². The van der Waals surface area contributed by atoms with E-state index in [2.05, 4.69) is 54.4 Å². The van der Waals surface area contributed by atoms with Crippen molar-refractivity contribution in [2.24, 2.45) is 5.92 Å². The molecule has 1 aliphatic heterocycles. The average Bonchev–Trinajstić information content (AvgIpc) is 2.55. The van der Waals surface area contributed by atoms with Crippen molar-refractivity contribution < 1.29 is 4.74 Å². The molecule has 1 aromatic carbocycles. The lowest BCUT2D eigenvalue weighted by molar-refractivity contribution is 0.0792. The van der Waals surface area contributed by atoms with Crippen LogP contribution in [0, 0.1) is 5.92 Å². The van der Waals surface area contributed by atoms with Crippen LogP contribution in [0.4, 0.5) is 0 Å². The standard InChI is InChI=1S/C18H30N2O/c1-4-15(2)18-13-19-17(16-9-6-5-7-10-16)14-20(18)11-8-12-21-3/h5-7,9-10,15,17-19H,4,8,11-14H2,1-3H3. The Bertz CT molecular complexity index is 395. The molecule has 3 atom stereocenters. The summed E-state index contributed by atoms with van der Waals surface area (Å²) < 4.78 is 5.22. The minimum Gasteiger partial charge on any atom is -0.385 e. The number of nitrogens with zero attached hydrogens (tertiary/aromatic N) is 1. The largest absolute Gasteiger partial charge is 0.385 e. The Kier molecular flexibility index (Phi) is 6.68. The van der Waals surface area contributed by atoms with E-state index in [1.54, 1.807) is 7.11 Å². The van der Waals surface area contributed by atoms with Crippen molar-refractivity contribution in [2.75, 3.05) is 33.4 Å². The minimum atomic E-state index is 0.453. The van der Waals surface area contributed by atoms with Gasteiger partial charge in [0.25, 0.3) is 0 Å². The lowest BCUT2D eigenvalue weighted by Crippen LogP contribution is -2.55. The molecule has 21 heavy (non-hydrogen) atoms. The van der Waals surface area contributed by atoms with Gasteiger partial charge in [-0.3, -0.25) is 4.90 Å². The Morgan fingerprint density at radius 2 is 2.10 bits per heavy atom. The van der Waals surface area contributed by atoms with E-state index in [1.165, 1.54) is 12.0 Å². The molecule has 0 bridgehead atoms. The summed E-state index contributed by atoms with van der Waals surface area (Å²) >= 11 is 0. The molecule has 1 fully saturated rings. The number of hydrogen-bond acceptors (Lipinski definition) is 3. The zero-order chi connectivity index (χ0) is 15.1. The topological polar surface area (TPSA) is 24.5 Å². The number of hydrogen-bond donors (Lipinski definition) is 1. The number of benzene rings is 1. The van der Waals surface area contributed by atoms with Gasteiger partial charge in [-0.15, -0.1) is 0 Å². The van der Waals surface area contributed by atoms with Crippen LogP contribution in [0.2, 0.25) is 0 Å². The Hall–Kier alpha value is -0.900. The molecule has 0 amide bonds. The molecule has 3 unspecified atom stereocenters. The monoisotopic (exact) mass is 290 g/mol. The van der Waals surface area contributed by atoms with Gasteiger partial charge in [-0.2, -0.15) is 0 Å². The van der Waals surface area contributed by atoms with E-state index in [-0.39, 0.29) is 0 Å². The Balaban J connectivity index is 2.01. The highest BCUT2D eigenvalue weighted by Crippen LogP contribution is 2.24.